The number of pyridine rings is 1. The van der Waals surface area contributed by atoms with E-state index in [4.69, 9.17) is 0 Å². The molecule has 1 atom stereocenters. The van der Waals surface area contributed by atoms with Crippen molar-refractivity contribution < 1.29 is 4.39 Å². The van der Waals surface area contributed by atoms with Crippen LogP contribution in [0.4, 0.5) is 4.39 Å². The fraction of sp³-hybridized carbons (Fsp3) is 0.400. The van der Waals surface area contributed by atoms with E-state index in [2.05, 4.69) is 39.1 Å². The molecule has 2 rings (SSSR count). The van der Waals surface area contributed by atoms with E-state index >= 15 is 0 Å². The third kappa shape index (κ3) is 4.37. The van der Waals surface area contributed by atoms with Crippen LogP contribution >= 0.6 is 11.3 Å². The molecule has 5 heteroatoms. The molecule has 1 N–H and O–H groups in total. The molecule has 2 aromatic rings. The molecule has 2 heterocycles. The minimum atomic E-state index is -0.293. The number of aromatic nitrogens is 1. The summed E-state index contributed by atoms with van der Waals surface area (Å²) in [5, 5.41) is 7.52. The van der Waals surface area contributed by atoms with E-state index in [9.17, 15) is 4.39 Å². The van der Waals surface area contributed by atoms with Gasteiger partial charge in [0.25, 0.3) is 0 Å². The number of nitrogens with zero attached hydrogens (tertiary/aromatic N) is 2. The SMILES string of the molecule is CNC(CCN(C)Cc1ccsc1)c1ccc(F)cn1. The van der Waals surface area contributed by atoms with Crippen LogP contribution in [0.5, 0.6) is 0 Å². The zero-order chi connectivity index (χ0) is 14.4. The molecule has 0 aliphatic carbocycles. The fourth-order valence-electron chi connectivity index (χ4n) is 2.16. The van der Waals surface area contributed by atoms with Crippen LogP contribution in [0.15, 0.2) is 35.2 Å². The average Bonchev–Trinajstić information content (AvgIpc) is 2.94. The average molecular weight is 293 g/mol. The van der Waals surface area contributed by atoms with Crippen molar-refractivity contribution in [2.75, 3.05) is 20.6 Å². The van der Waals surface area contributed by atoms with Crippen molar-refractivity contribution in [3.05, 3.63) is 52.2 Å². The summed E-state index contributed by atoms with van der Waals surface area (Å²) < 4.78 is 12.9. The van der Waals surface area contributed by atoms with Gasteiger partial charge in [-0.25, -0.2) is 4.39 Å². The van der Waals surface area contributed by atoms with Crippen LogP contribution in [0.2, 0.25) is 0 Å². The van der Waals surface area contributed by atoms with Gasteiger partial charge in [0.1, 0.15) is 5.82 Å². The predicted molar refractivity (Wildman–Crippen MR) is 81.3 cm³/mol. The van der Waals surface area contributed by atoms with Crippen LogP contribution in [0.1, 0.15) is 23.7 Å². The van der Waals surface area contributed by atoms with Crippen molar-refractivity contribution in [1.82, 2.24) is 15.2 Å². The van der Waals surface area contributed by atoms with Crippen molar-refractivity contribution >= 4 is 11.3 Å². The largest absolute Gasteiger partial charge is 0.312 e. The van der Waals surface area contributed by atoms with Crippen molar-refractivity contribution in [1.29, 1.82) is 0 Å². The molecule has 2 aromatic heterocycles. The monoisotopic (exact) mass is 293 g/mol. The lowest BCUT2D eigenvalue weighted by Gasteiger charge is -2.21. The highest BCUT2D eigenvalue weighted by Gasteiger charge is 2.12. The second-order valence-corrected chi connectivity index (χ2v) is 5.68. The highest BCUT2D eigenvalue weighted by atomic mass is 32.1. The van der Waals surface area contributed by atoms with Gasteiger partial charge in [0.2, 0.25) is 0 Å². The summed E-state index contributed by atoms with van der Waals surface area (Å²) in [4.78, 5) is 6.44. The molecule has 0 fully saturated rings. The lowest BCUT2D eigenvalue weighted by atomic mass is 10.1. The Morgan fingerprint density at radius 3 is 2.85 bits per heavy atom. The molecule has 0 saturated carbocycles. The molecular formula is C15H20FN3S. The number of nitrogens with one attached hydrogen (secondary N) is 1. The second-order valence-electron chi connectivity index (χ2n) is 4.90. The standard InChI is InChI=1S/C15H20FN3S/c1-17-14(15-4-3-13(16)9-18-15)5-7-19(2)10-12-6-8-20-11-12/h3-4,6,8-9,11,14,17H,5,7,10H2,1-2H3. The summed E-state index contributed by atoms with van der Waals surface area (Å²) in [6, 6.07) is 5.51. The van der Waals surface area contributed by atoms with E-state index in [1.807, 2.05) is 7.05 Å². The van der Waals surface area contributed by atoms with E-state index < -0.39 is 0 Å². The van der Waals surface area contributed by atoms with Crippen molar-refractivity contribution in [2.24, 2.45) is 0 Å². The van der Waals surface area contributed by atoms with Crippen molar-refractivity contribution in [3.8, 4) is 0 Å². The number of hydrogen-bond donors (Lipinski definition) is 1. The zero-order valence-electron chi connectivity index (χ0n) is 11.8. The second kappa shape index (κ2) is 7.47. The molecule has 0 aliphatic rings. The topological polar surface area (TPSA) is 28.2 Å². The molecule has 0 radical (unpaired) electrons. The van der Waals surface area contributed by atoms with Gasteiger partial charge in [0.05, 0.1) is 17.9 Å². The van der Waals surface area contributed by atoms with Gasteiger partial charge in [0, 0.05) is 13.1 Å². The lowest BCUT2D eigenvalue weighted by Crippen LogP contribution is -2.25. The quantitative estimate of drug-likeness (QED) is 0.850. The maximum Gasteiger partial charge on any atom is 0.141 e. The first-order valence-electron chi connectivity index (χ1n) is 6.67. The van der Waals surface area contributed by atoms with Crippen LogP contribution in [-0.4, -0.2) is 30.5 Å². The molecule has 0 spiro atoms. The highest BCUT2D eigenvalue weighted by Crippen LogP contribution is 2.15. The van der Waals surface area contributed by atoms with Gasteiger partial charge in [-0.1, -0.05) is 0 Å². The smallest absolute Gasteiger partial charge is 0.141 e. The summed E-state index contributed by atoms with van der Waals surface area (Å²) in [5.74, 6) is -0.293. The first-order valence-corrected chi connectivity index (χ1v) is 7.61. The molecule has 0 amide bonds. The van der Waals surface area contributed by atoms with E-state index in [0.29, 0.717) is 0 Å². The molecule has 0 aromatic carbocycles. The summed E-state index contributed by atoms with van der Waals surface area (Å²) in [6.45, 7) is 1.91. The first-order chi connectivity index (χ1) is 9.69. The minimum absolute atomic E-state index is 0.153. The number of hydrogen-bond acceptors (Lipinski definition) is 4. The Morgan fingerprint density at radius 2 is 2.25 bits per heavy atom. The van der Waals surface area contributed by atoms with E-state index in [-0.39, 0.29) is 11.9 Å². The Morgan fingerprint density at radius 1 is 1.40 bits per heavy atom. The van der Waals surface area contributed by atoms with Crippen LogP contribution < -0.4 is 5.32 Å². The molecule has 1 unspecified atom stereocenters. The van der Waals surface area contributed by atoms with Gasteiger partial charge < -0.3 is 10.2 Å². The highest BCUT2D eigenvalue weighted by molar-refractivity contribution is 7.07. The van der Waals surface area contributed by atoms with E-state index in [1.165, 1.54) is 17.8 Å². The number of thiophene rings is 1. The summed E-state index contributed by atoms with van der Waals surface area (Å²) in [7, 11) is 4.02. The fourth-order valence-corrected chi connectivity index (χ4v) is 2.82. The molecule has 0 aliphatic heterocycles. The van der Waals surface area contributed by atoms with Gasteiger partial charge in [-0.3, -0.25) is 4.98 Å². The van der Waals surface area contributed by atoms with Gasteiger partial charge in [0.15, 0.2) is 0 Å². The van der Waals surface area contributed by atoms with E-state index in [0.717, 1.165) is 25.2 Å². The Kier molecular flexibility index (Phi) is 5.64. The Balaban J connectivity index is 1.85. The lowest BCUT2D eigenvalue weighted by molar-refractivity contribution is 0.303. The molecule has 20 heavy (non-hydrogen) atoms. The maximum absolute atomic E-state index is 12.9. The predicted octanol–water partition coefficient (Wildman–Crippen LogP) is 3.06. The normalized spacial score (nSPS) is 12.8. The van der Waals surface area contributed by atoms with Gasteiger partial charge >= 0.3 is 0 Å². The number of rotatable bonds is 7. The van der Waals surface area contributed by atoms with Gasteiger partial charge in [-0.15, -0.1) is 0 Å². The van der Waals surface area contributed by atoms with Crippen molar-refractivity contribution in [3.63, 3.8) is 0 Å². The summed E-state index contributed by atoms with van der Waals surface area (Å²) in [5.41, 5.74) is 2.23. The molecule has 108 valence electrons. The zero-order valence-corrected chi connectivity index (χ0v) is 12.7. The molecule has 0 bridgehead atoms. The molecule has 3 nitrogen and oxygen atoms in total. The first kappa shape index (κ1) is 15.1. The minimum Gasteiger partial charge on any atom is -0.312 e. The van der Waals surface area contributed by atoms with Crippen LogP contribution in [-0.2, 0) is 6.54 Å². The van der Waals surface area contributed by atoms with Gasteiger partial charge in [-0.05, 0) is 55.0 Å². The van der Waals surface area contributed by atoms with E-state index in [1.54, 1.807) is 17.4 Å². The Bertz CT molecular complexity index is 498. The Hall–Kier alpha value is -1.30. The Labute approximate surface area is 123 Å². The maximum atomic E-state index is 12.9. The van der Waals surface area contributed by atoms with Gasteiger partial charge in [-0.2, -0.15) is 11.3 Å². The summed E-state index contributed by atoms with van der Waals surface area (Å²) >= 11 is 1.72. The van der Waals surface area contributed by atoms with Crippen LogP contribution in [0, 0.1) is 5.82 Å². The molecular weight excluding hydrogens is 273 g/mol. The molecule has 0 saturated heterocycles. The third-order valence-electron chi connectivity index (χ3n) is 3.29. The van der Waals surface area contributed by atoms with Crippen LogP contribution in [0.25, 0.3) is 0 Å². The van der Waals surface area contributed by atoms with Crippen LogP contribution in [0.3, 0.4) is 0 Å². The summed E-state index contributed by atoms with van der Waals surface area (Å²) in [6.07, 6.45) is 2.21. The van der Waals surface area contributed by atoms with Crippen molar-refractivity contribution in [2.45, 2.75) is 19.0 Å². The third-order valence-corrected chi connectivity index (χ3v) is 4.02. The number of halogens is 1.